The van der Waals surface area contributed by atoms with E-state index in [2.05, 4.69) is 47.4 Å². The zero-order valence-electron chi connectivity index (χ0n) is 13.0. The lowest BCUT2D eigenvalue weighted by atomic mass is 10.2. The van der Waals surface area contributed by atoms with Gasteiger partial charge in [0.05, 0.1) is 5.52 Å². The summed E-state index contributed by atoms with van der Waals surface area (Å²) in [7, 11) is 2.17. The molecule has 0 aliphatic heterocycles. The monoisotopic (exact) mass is 284 g/mol. The molecular formula is C17H24N4. The molecule has 1 aromatic carbocycles. The first-order valence-electron chi connectivity index (χ1n) is 8.03. The van der Waals surface area contributed by atoms with Crippen molar-refractivity contribution in [3.63, 3.8) is 0 Å². The van der Waals surface area contributed by atoms with Crippen LogP contribution in [0.4, 0.5) is 11.8 Å². The molecule has 1 saturated carbocycles. The van der Waals surface area contributed by atoms with Crippen LogP contribution in [0, 0.1) is 0 Å². The third-order valence-corrected chi connectivity index (χ3v) is 4.32. The molecule has 1 N–H and O–H groups in total. The Bertz CT molecular complexity index is 605. The maximum absolute atomic E-state index is 4.79. The SMILES string of the molecule is CCCNc1nc(N(C)C2CCCC2)c2ccccc2n1. The number of benzene rings is 1. The molecule has 0 radical (unpaired) electrons. The van der Waals surface area contributed by atoms with Gasteiger partial charge in [0, 0.05) is 25.0 Å². The van der Waals surface area contributed by atoms with Gasteiger partial charge < -0.3 is 10.2 Å². The highest BCUT2D eigenvalue weighted by molar-refractivity contribution is 5.90. The van der Waals surface area contributed by atoms with Gasteiger partial charge in [-0.15, -0.1) is 0 Å². The van der Waals surface area contributed by atoms with E-state index >= 15 is 0 Å². The van der Waals surface area contributed by atoms with Crippen molar-refractivity contribution in [2.45, 2.75) is 45.1 Å². The van der Waals surface area contributed by atoms with E-state index in [0.29, 0.717) is 6.04 Å². The van der Waals surface area contributed by atoms with Gasteiger partial charge in [-0.25, -0.2) is 4.98 Å². The van der Waals surface area contributed by atoms with Crippen molar-refractivity contribution in [1.29, 1.82) is 0 Å². The van der Waals surface area contributed by atoms with Crippen LogP contribution >= 0.6 is 0 Å². The second-order valence-electron chi connectivity index (χ2n) is 5.86. The number of hydrogen-bond donors (Lipinski definition) is 1. The number of hydrogen-bond acceptors (Lipinski definition) is 4. The Morgan fingerprint density at radius 2 is 1.95 bits per heavy atom. The summed E-state index contributed by atoms with van der Waals surface area (Å²) in [5.74, 6) is 1.81. The molecule has 0 bridgehead atoms. The molecular weight excluding hydrogens is 260 g/mol. The first kappa shape index (κ1) is 14.1. The fourth-order valence-electron chi connectivity index (χ4n) is 3.11. The molecule has 0 spiro atoms. The molecule has 4 heteroatoms. The topological polar surface area (TPSA) is 41.1 Å². The van der Waals surface area contributed by atoms with Crippen molar-refractivity contribution in [2.24, 2.45) is 0 Å². The normalized spacial score (nSPS) is 15.5. The average Bonchev–Trinajstić information content (AvgIpc) is 3.05. The summed E-state index contributed by atoms with van der Waals surface area (Å²) in [4.78, 5) is 11.8. The third-order valence-electron chi connectivity index (χ3n) is 4.32. The number of rotatable bonds is 5. The molecule has 1 aliphatic rings. The van der Waals surface area contributed by atoms with Gasteiger partial charge in [-0.2, -0.15) is 4.98 Å². The highest BCUT2D eigenvalue weighted by atomic mass is 15.2. The zero-order valence-corrected chi connectivity index (χ0v) is 13.0. The Balaban J connectivity index is 2.01. The Kier molecular flexibility index (Phi) is 4.23. The number of para-hydroxylation sites is 1. The van der Waals surface area contributed by atoms with Gasteiger partial charge in [0.1, 0.15) is 5.82 Å². The second kappa shape index (κ2) is 6.29. The van der Waals surface area contributed by atoms with E-state index in [1.165, 1.54) is 25.7 Å². The van der Waals surface area contributed by atoms with Crippen molar-refractivity contribution in [1.82, 2.24) is 9.97 Å². The summed E-state index contributed by atoms with van der Waals surface area (Å²) in [6, 6.07) is 8.91. The molecule has 21 heavy (non-hydrogen) atoms. The quantitative estimate of drug-likeness (QED) is 0.906. The Morgan fingerprint density at radius 3 is 2.71 bits per heavy atom. The van der Waals surface area contributed by atoms with E-state index in [4.69, 9.17) is 4.98 Å². The van der Waals surface area contributed by atoms with Crippen LogP contribution in [0.1, 0.15) is 39.0 Å². The Labute approximate surface area is 126 Å². The van der Waals surface area contributed by atoms with Crippen molar-refractivity contribution in [3.8, 4) is 0 Å². The first-order valence-corrected chi connectivity index (χ1v) is 8.03. The lowest BCUT2D eigenvalue weighted by Crippen LogP contribution is -2.30. The molecule has 112 valence electrons. The standard InChI is InChI=1S/C17H24N4/c1-3-12-18-17-19-15-11-7-6-10-14(15)16(20-17)21(2)13-8-4-5-9-13/h6-7,10-11,13H,3-5,8-9,12H2,1-2H3,(H,18,19,20). The molecule has 1 aromatic heterocycles. The van der Waals surface area contributed by atoms with Gasteiger partial charge >= 0.3 is 0 Å². The molecule has 4 nitrogen and oxygen atoms in total. The van der Waals surface area contributed by atoms with E-state index in [1.54, 1.807) is 0 Å². The number of aromatic nitrogens is 2. The molecule has 0 atom stereocenters. The van der Waals surface area contributed by atoms with Crippen molar-refractivity contribution < 1.29 is 0 Å². The van der Waals surface area contributed by atoms with Crippen LogP contribution in [0.5, 0.6) is 0 Å². The summed E-state index contributed by atoms with van der Waals surface area (Å²) in [6.07, 6.45) is 6.28. The number of nitrogens with one attached hydrogen (secondary N) is 1. The third kappa shape index (κ3) is 2.94. The zero-order chi connectivity index (χ0) is 14.7. The van der Waals surface area contributed by atoms with Crippen LogP contribution in [0.15, 0.2) is 24.3 Å². The Hall–Kier alpha value is -1.84. The van der Waals surface area contributed by atoms with Crippen LogP contribution in [-0.2, 0) is 0 Å². The van der Waals surface area contributed by atoms with Crippen LogP contribution in [0.2, 0.25) is 0 Å². The van der Waals surface area contributed by atoms with Gasteiger partial charge in [0.25, 0.3) is 0 Å². The van der Waals surface area contributed by atoms with E-state index in [0.717, 1.165) is 35.6 Å². The van der Waals surface area contributed by atoms with Crippen molar-refractivity contribution >= 4 is 22.7 Å². The minimum atomic E-state index is 0.613. The number of anilines is 2. The molecule has 1 aliphatic carbocycles. The average molecular weight is 284 g/mol. The smallest absolute Gasteiger partial charge is 0.225 e. The van der Waals surface area contributed by atoms with Gasteiger partial charge in [0.2, 0.25) is 5.95 Å². The molecule has 1 heterocycles. The minimum Gasteiger partial charge on any atom is -0.356 e. The van der Waals surface area contributed by atoms with Gasteiger partial charge in [-0.1, -0.05) is 31.9 Å². The minimum absolute atomic E-state index is 0.613. The summed E-state index contributed by atoms with van der Waals surface area (Å²) >= 11 is 0. The molecule has 1 fully saturated rings. The maximum Gasteiger partial charge on any atom is 0.225 e. The van der Waals surface area contributed by atoms with Crippen LogP contribution in [-0.4, -0.2) is 29.6 Å². The summed E-state index contributed by atoms with van der Waals surface area (Å²) < 4.78 is 0. The Morgan fingerprint density at radius 1 is 1.19 bits per heavy atom. The van der Waals surface area contributed by atoms with E-state index in [9.17, 15) is 0 Å². The predicted molar refractivity (Wildman–Crippen MR) is 89.0 cm³/mol. The van der Waals surface area contributed by atoms with Gasteiger partial charge in [-0.05, 0) is 31.4 Å². The summed E-state index contributed by atoms with van der Waals surface area (Å²) in [5, 5.41) is 4.47. The van der Waals surface area contributed by atoms with Crippen molar-refractivity contribution in [3.05, 3.63) is 24.3 Å². The van der Waals surface area contributed by atoms with Crippen LogP contribution in [0.3, 0.4) is 0 Å². The second-order valence-corrected chi connectivity index (χ2v) is 5.86. The summed E-state index contributed by atoms with van der Waals surface area (Å²) in [5.41, 5.74) is 1.02. The fraction of sp³-hybridized carbons (Fsp3) is 0.529. The van der Waals surface area contributed by atoms with Crippen LogP contribution < -0.4 is 10.2 Å². The van der Waals surface area contributed by atoms with Crippen molar-refractivity contribution in [2.75, 3.05) is 23.8 Å². The molecule has 0 saturated heterocycles. The molecule has 0 unspecified atom stereocenters. The van der Waals surface area contributed by atoms with Gasteiger partial charge in [-0.3, -0.25) is 0 Å². The largest absolute Gasteiger partial charge is 0.356 e. The van der Waals surface area contributed by atoms with E-state index < -0.39 is 0 Å². The maximum atomic E-state index is 4.79. The summed E-state index contributed by atoms with van der Waals surface area (Å²) in [6.45, 7) is 3.06. The predicted octanol–water partition coefficient (Wildman–Crippen LogP) is 3.83. The van der Waals surface area contributed by atoms with E-state index in [1.807, 2.05) is 6.07 Å². The first-order chi connectivity index (χ1) is 10.3. The molecule has 3 rings (SSSR count). The highest BCUT2D eigenvalue weighted by Gasteiger charge is 2.22. The highest BCUT2D eigenvalue weighted by Crippen LogP contribution is 2.30. The van der Waals surface area contributed by atoms with E-state index in [-0.39, 0.29) is 0 Å². The lowest BCUT2D eigenvalue weighted by molar-refractivity contribution is 0.648. The van der Waals surface area contributed by atoms with Gasteiger partial charge in [0.15, 0.2) is 0 Å². The number of nitrogens with zero attached hydrogens (tertiary/aromatic N) is 3. The molecule has 2 aromatic rings. The lowest BCUT2D eigenvalue weighted by Gasteiger charge is -2.26. The fourth-order valence-corrected chi connectivity index (χ4v) is 3.11. The number of fused-ring (bicyclic) bond motifs is 1. The van der Waals surface area contributed by atoms with Crippen LogP contribution in [0.25, 0.3) is 10.9 Å². The molecule has 0 amide bonds.